The molecule has 0 aliphatic rings. The Labute approximate surface area is 203 Å². The number of pyridine rings is 1. The number of aromatic nitrogens is 4. The standard InChI is InChI=1S/C25H25N5O4S/c1-25(2,3)30-14-21(20-13-27-15-28-24(20)30)23(32)17-10-18(12-26-11-17)29-22(31)9-16-6-5-7-19(8-16)35(4,33)34/h5-8,10-15H,9H2,1-4H3,(H,29,31). The number of hydrogen-bond donors (Lipinski definition) is 1. The number of amides is 1. The first kappa shape index (κ1) is 24.2. The lowest BCUT2D eigenvalue weighted by Gasteiger charge is -2.21. The molecule has 0 bridgehead atoms. The van der Waals surface area contributed by atoms with Crippen molar-refractivity contribution in [2.75, 3.05) is 11.6 Å². The van der Waals surface area contributed by atoms with Crippen molar-refractivity contribution < 1.29 is 18.0 Å². The predicted octanol–water partition coefficient (Wildman–Crippen LogP) is 3.40. The summed E-state index contributed by atoms with van der Waals surface area (Å²) in [5.41, 5.74) is 2.02. The molecule has 1 aromatic carbocycles. The topological polar surface area (TPSA) is 124 Å². The van der Waals surface area contributed by atoms with Gasteiger partial charge < -0.3 is 9.88 Å². The molecule has 1 N–H and O–H groups in total. The van der Waals surface area contributed by atoms with E-state index in [1.54, 1.807) is 30.6 Å². The molecule has 3 aromatic heterocycles. The lowest BCUT2D eigenvalue weighted by Crippen LogP contribution is -2.21. The summed E-state index contributed by atoms with van der Waals surface area (Å²) < 4.78 is 25.5. The summed E-state index contributed by atoms with van der Waals surface area (Å²) >= 11 is 0. The average Bonchev–Trinajstić information content (AvgIpc) is 3.18. The van der Waals surface area contributed by atoms with Crippen molar-refractivity contribution >= 4 is 38.2 Å². The van der Waals surface area contributed by atoms with Crippen molar-refractivity contribution in [2.45, 2.75) is 37.6 Å². The lowest BCUT2D eigenvalue weighted by molar-refractivity contribution is -0.115. The van der Waals surface area contributed by atoms with Crippen LogP contribution in [0, 0.1) is 0 Å². The van der Waals surface area contributed by atoms with E-state index in [-0.39, 0.29) is 28.5 Å². The van der Waals surface area contributed by atoms with E-state index in [4.69, 9.17) is 0 Å². The molecule has 0 spiro atoms. The van der Waals surface area contributed by atoms with Crippen molar-refractivity contribution in [3.63, 3.8) is 0 Å². The van der Waals surface area contributed by atoms with Gasteiger partial charge in [-0.1, -0.05) is 12.1 Å². The summed E-state index contributed by atoms with van der Waals surface area (Å²) in [4.78, 5) is 38.7. The quantitative estimate of drug-likeness (QED) is 0.410. The van der Waals surface area contributed by atoms with E-state index in [2.05, 4.69) is 20.3 Å². The number of hydrogen-bond acceptors (Lipinski definition) is 7. The minimum atomic E-state index is -3.37. The molecule has 4 aromatic rings. The van der Waals surface area contributed by atoms with Crippen LogP contribution in [0.5, 0.6) is 0 Å². The van der Waals surface area contributed by atoms with Crippen molar-refractivity contribution in [3.05, 3.63) is 78.1 Å². The number of anilines is 1. The highest BCUT2D eigenvalue weighted by molar-refractivity contribution is 7.90. The van der Waals surface area contributed by atoms with Gasteiger partial charge in [-0.15, -0.1) is 0 Å². The zero-order valence-electron chi connectivity index (χ0n) is 19.8. The number of fused-ring (bicyclic) bond motifs is 1. The van der Waals surface area contributed by atoms with E-state index in [9.17, 15) is 18.0 Å². The van der Waals surface area contributed by atoms with Gasteiger partial charge >= 0.3 is 0 Å². The van der Waals surface area contributed by atoms with Gasteiger partial charge in [0.2, 0.25) is 5.91 Å². The molecular formula is C25H25N5O4S. The predicted molar refractivity (Wildman–Crippen MR) is 132 cm³/mol. The molecule has 180 valence electrons. The smallest absolute Gasteiger partial charge is 0.228 e. The van der Waals surface area contributed by atoms with E-state index in [0.717, 1.165) is 6.26 Å². The summed E-state index contributed by atoms with van der Waals surface area (Å²) in [7, 11) is -3.37. The van der Waals surface area contributed by atoms with E-state index in [1.165, 1.54) is 30.9 Å². The van der Waals surface area contributed by atoms with E-state index < -0.39 is 9.84 Å². The fourth-order valence-electron chi connectivity index (χ4n) is 3.72. The van der Waals surface area contributed by atoms with Crippen molar-refractivity contribution in [2.24, 2.45) is 0 Å². The normalized spacial score (nSPS) is 12.0. The van der Waals surface area contributed by atoms with Crippen molar-refractivity contribution in [1.82, 2.24) is 19.5 Å². The second-order valence-electron chi connectivity index (χ2n) is 9.28. The minimum Gasteiger partial charge on any atom is -0.326 e. The minimum absolute atomic E-state index is 0.0298. The zero-order valence-corrected chi connectivity index (χ0v) is 20.6. The molecule has 0 unspecified atom stereocenters. The second kappa shape index (κ2) is 9.03. The Bertz CT molecular complexity index is 1550. The molecule has 0 radical (unpaired) electrons. The Kier molecular flexibility index (Phi) is 6.25. The molecule has 35 heavy (non-hydrogen) atoms. The van der Waals surface area contributed by atoms with Gasteiger partial charge in [0.15, 0.2) is 15.6 Å². The third kappa shape index (κ3) is 5.27. The van der Waals surface area contributed by atoms with E-state index >= 15 is 0 Å². The number of rotatable bonds is 6. The van der Waals surface area contributed by atoms with Crippen molar-refractivity contribution in [3.8, 4) is 0 Å². The maximum Gasteiger partial charge on any atom is 0.228 e. The van der Waals surface area contributed by atoms with E-state index in [0.29, 0.717) is 33.4 Å². The van der Waals surface area contributed by atoms with Crippen LogP contribution >= 0.6 is 0 Å². The van der Waals surface area contributed by atoms with Gasteiger partial charge in [-0.25, -0.2) is 18.4 Å². The highest BCUT2D eigenvalue weighted by Crippen LogP contribution is 2.27. The van der Waals surface area contributed by atoms with Crippen LogP contribution in [0.25, 0.3) is 11.0 Å². The van der Waals surface area contributed by atoms with Gasteiger partial charge in [-0.2, -0.15) is 0 Å². The van der Waals surface area contributed by atoms with Crippen LogP contribution in [0.1, 0.15) is 42.3 Å². The molecular weight excluding hydrogens is 466 g/mol. The molecule has 10 heteroatoms. The van der Waals surface area contributed by atoms with Gasteiger partial charge in [0.1, 0.15) is 12.0 Å². The lowest BCUT2D eigenvalue weighted by atomic mass is 10.1. The Morgan fingerprint density at radius 3 is 2.54 bits per heavy atom. The summed E-state index contributed by atoms with van der Waals surface area (Å²) in [6.45, 7) is 6.06. The molecule has 0 saturated heterocycles. The van der Waals surface area contributed by atoms with Gasteiger partial charge in [0, 0.05) is 41.3 Å². The van der Waals surface area contributed by atoms with Gasteiger partial charge in [-0.05, 0) is 44.5 Å². The maximum atomic E-state index is 13.4. The SMILES string of the molecule is CC(C)(C)n1cc(C(=O)c2cncc(NC(=O)Cc3cccc(S(C)(=O)=O)c3)c2)c2cncnc21. The number of benzene rings is 1. The third-order valence-corrected chi connectivity index (χ3v) is 6.52. The van der Waals surface area contributed by atoms with Crippen LogP contribution in [-0.4, -0.2) is 45.9 Å². The van der Waals surface area contributed by atoms with Crippen LogP contribution in [-0.2, 0) is 26.6 Å². The highest BCUT2D eigenvalue weighted by atomic mass is 32.2. The van der Waals surface area contributed by atoms with Gasteiger partial charge in [0.05, 0.1) is 28.8 Å². The fraction of sp³-hybridized carbons (Fsp3) is 0.240. The van der Waals surface area contributed by atoms with Crippen LogP contribution in [0.3, 0.4) is 0 Å². The summed E-state index contributed by atoms with van der Waals surface area (Å²) in [5, 5.41) is 3.36. The number of nitrogens with one attached hydrogen (secondary N) is 1. The third-order valence-electron chi connectivity index (χ3n) is 5.41. The van der Waals surface area contributed by atoms with Gasteiger partial charge in [-0.3, -0.25) is 14.6 Å². The number of carbonyl (C=O) groups excluding carboxylic acids is 2. The Hall–Kier alpha value is -3.92. The number of ketones is 1. The Balaban J connectivity index is 1.57. The monoisotopic (exact) mass is 491 g/mol. The van der Waals surface area contributed by atoms with Crippen LogP contribution < -0.4 is 5.32 Å². The molecule has 0 aliphatic carbocycles. The molecule has 9 nitrogen and oxygen atoms in total. The number of nitrogens with zero attached hydrogens (tertiary/aromatic N) is 4. The fourth-order valence-corrected chi connectivity index (χ4v) is 4.41. The first-order chi connectivity index (χ1) is 16.4. The molecule has 1 amide bonds. The summed E-state index contributed by atoms with van der Waals surface area (Å²) in [5.74, 6) is -0.628. The first-order valence-corrected chi connectivity index (χ1v) is 12.7. The highest BCUT2D eigenvalue weighted by Gasteiger charge is 2.23. The second-order valence-corrected chi connectivity index (χ2v) is 11.3. The molecule has 0 atom stereocenters. The largest absolute Gasteiger partial charge is 0.326 e. The molecule has 0 fully saturated rings. The van der Waals surface area contributed by atoms with Crippen LogP contribution in [0.4, 0.5) is 5.69 Å². The van der Waals surface area contributed by atoms with Crippen LogP contribution in [0.15, 0.2) is 66.3 Å². The Morgan fingerprint density at radius 2 is 1.83 bits per heavy atom. The summed E-state index contributed by atoms with van der Waals surface area (Å²) in [6.07, 6.45) is 8.80. The zero-order chi connectivity index (χ0) is 25.4. The molecule has 0 saturated carbocycles. The average molecular weight is 492 g/mol. The molecule has 4 rings (SSSR count). The summed E-state index contributed by atoms with van der Waals surface area (Å²) in [6, 6.07) is 7.79. The molecule has 0 aliphatic heterocycles. The number of carbonyl (C=O) groups is 2. The van der Waals surface area contributed by atoms with Crippen LogP contribution in [0.2, 0.25) is 0 Å². The van der Waals surface area contributed by atoms with E-state index in [1.807, 2.05) is 25.3 Å². The van der Waals surface area contributed by atoms with Crippen molar-refractivity contribution in [1.29, 1.82) is 0 Å². The Morgan fingerprint density at radius 1 is 1.06 bits per heavy atom. The first-order valence-electron chi connectivity index (χ1n) is 10.8. The van der Waals surface area contributed by atoms with Gasteiger partial charge in [0.25, 0.3) is 0 Å². The molecule has 3 heterocycles. The maximum absolute atomic E-state index is 13.4. The number of sulfone groups is 1.